The Balaban J connectivity index is 0.947. The molecule has 3 amide bonds. The molecule has 4 heterocycles. The summed E-state index contributed by atoms with van der Waals surface area (Å²) in [6.07, 6.45) is -3.01. The fraction of sp³-hybridized carbons (Fsp3) is 0.250. The molecule has 0 aliphatic carbocycles. The first-order chi connectivity index (χ1) is 24.0. The van der Waals surface area contributed by atoms with Crippen molar-refractivity contribution < 1.29 is 37.0 Å². The summed E-state index contributed by atoms with van der Waals surface area (Å²) in [6, 6.07) is 20.3. The number of pyridine rings is 1. The summed E-state index contributed by atoms with van der Waals surface area (Å²) >= 11 is 0. The van der Waals surface area contributed by atoms with E-state index in [1.165, 1.54) is 30.3 Å². The van der Waals surface area contributed by atoms with Crippen LogP contribution in [0.5, 0.6) is 23.1 Å². The van der Waals surface area contributed by atoms with Crippen molar-refractivity contribution in [3.8, 4) is 23.1 Å². The van der Waals surface area contributed by atoms with Crippen LogP contribution in [0.15, 0.2) is 85.1 Å². The van der Waals surface area contributed by atoms with Crippen LogP contribution in [0.3, 0.4) is 0 Å². The van der Waals surface area contributed by atoms with Crippen molar-refractivity contribution in [1.29, 1.82) is 0 Å². The smallest absolute Gasteiger partial charge is 0.416 e. The third-order valence-electron chi connectivity index (χ3n) is 8.83. The standard InChI is InChI=1S/C36H33F3N6O5/c1-42(35(47)41-26-6-4-25(5-7-26)36(37,38)39)27-8-12-33(40-20-27)50-28-9-10-29-24(18-28)19-30(43(29)2)34(46)45-15-13-44(14-16-45)21-23-3-11-31-32(17-23)49-22-48-31/h3-12,17-20H,13-16,21-22H2,1-2H3,(H,41,47). The molecule has 11 nitrogen and oxygen atoms in total. The SMILES string of the molecule is CN(C(=O)Nc1ccc(C(F)(F)F)cc1)c1ccc(Oc2ccc3c(c2)cc(C(=O)N2CCN(Cc4ccc5c(c4)OCO5)CC2)n3C)nc1. The summed E-state index contributed by atoms with van der Waals surface area (Å²) in [5.41, 5.74) is 2.47. The molecule has 0 atom stereocenters. The number of hydrogen-bond donors (Lipinski definition) is 1. The Bertz CT molecular complexity index is 2040. The maximum atomic E-state index is 13.6. The lowest BCUT2D eigenvalue weighted by atomic mass is 10.1. The van der Waals surface area contributed by atoms with Crippen LogP contribution in [0, 0.1) is 0 Å². The van der Waals surface area contributed by atoms with Gasteiger partial charge in [0, 0.05) is 69.5 Å². The minimum atomic E-state index is -4.46. The number of hydrogen-bond acceptors (Lipinski definition) is 7. The Kier molecular flexibility index (Phi) is 8.70. The van der Waals surface area contributed by atoms with Gasteiger partial charge < -0.3 is 29.0 Å². The maximum absolute atomic E-state index is 13.6. The largest absolute Gasteiger partial charge is 0.454 e. The van der Waals surface area contributed by atoms with E-state index in [2.05, 4.69) is 15.2 Å². The van der Waals surface area contributed by atoms with Gasteiger partial charge in [-0.15, -0.1) is 0 Å². The number of amides is 3. The Labute approximate surface area is 285 Å². The summed E-state index contributed by atoms with van der Waals surface area (Å²) in [5.74, 6) is 2.31. The molecule has 0 bridgehead atoms. The molecule has 2 aliphatic rings. The van der Waals surface area contributed by atoms with Crippen molar-refractivity contribution in [1.82, 2.24) is 19.4 Å². The highest BCUT2D eigenvalue weighted by atomic mass is 19.4. The number of carbonyl (C=O) groups excluding carboxylic acids is 2. The highest BCUT2D eigenvalue weighted by Crippen LogP contribution is 2.33. The van der Waals surface area contributed by atoms with E-state index in [9.17, 15) is 22.8 Å². The molecular formula is C36H33F3N6O5. The van der Waals surface area contributed by atoms with Crippen molar-refractivity contribution in [2.24, 2.45) is 7.05 Å². The van der Waals surface area contributed by atoms with Crippen LogP contribution in [0.1, 0.15) is 21.6 Å². The molecule has 14 heteroatoms. The molecule has 0 spiro atoms. The van der Waals surface area contributed by atoms with E-state index < -0.39 is 17.8 Å². The van der Waals surface area contributed by atoms with Crippen LogP contribution in [0.25, 0.3) is 10.9 Å². The molecule has 0 unspecified atom stereocenters. The van der Waals surface area contributed by atoms with E-state index in [-0.39, 0.29) is 24.3 Å². The molecular weight excluding hydrogens is 653 g/mol. The lowest BCUT2D eigenvalue weighted by Crippen LogP contribution is -2.48. The van der Waals surface area contributed by atoms with Gasteiger partial charge in [-0.1, -0.05) is 6.07 Å². The topological polar surface area (TPSA) is 101 Å². The van der Waals surface area contributed by atoms with Gasteiger partial charge in [-0.2, -0.15) is 13.2 Å². The highest BCUT2D eigenvalue weighted by molar-refractivity contribution is 6.01. The number of benzene rings is 3. The molecule has 50 heavy (non-hydrogen) atoms. The number of aromatic nitrogens is 2. The predicted molar refractivity (Wildman–Crippen MR) is 180 cm³/mol. The normalized spacial score (nSPS) is 14.5. The van der Waals surface area contributed by atoms with Crippen LogP contribution < -0.4 is 24.4 Å². The van der Waals surface area contributed by atoms with Gasteiger partial charge in [0.25, 0.3) is 5.91 Å². The first-order valence-electron chi connectivity index (χ1n) is 15.9. The average Bonchev–Trinajstić information content (AvgIpc) is 3.71. The van der Waals surface area contributed by atoms with Gasteiger partial charge in [-0.3, -0.25) is 14.6 Å². The van der Waals surface area contributed by atoms with Gasteiger partial charge in [0.2, 0.25) is 12.7 Å². The van der Waals surface area contributed by atoms with Crippen LogP contribution in [-0.2, 0) is 19.8 Å². The number of ether oxygens (including phenoxy) is 3. The van der Waals surface area contributed by atoms with Crippen molar-refractivity contribution >= 4 is 34.2 Å². The molecule has 0 saturated carbocycles. The Morgan fingerprint density at radius 1 is 0.920 bits per heavy atom. The van der Waals surface area contributed by atoms with E-state index in [1.54, 1.807) is 18.2 Å². The summed E-state index contributed by atoms with van der Waals surface area (Å²) in [7, 11) is 3.39. The van der Waals surface area contributed by atoms with Gasteiger partial charge in [-0.25, -0.2) is 9.78 Å². The number of rotatable bonds is 7. The number of alkyl halides is 3. The number of nitrogens with one attached hydrogen (secondary N) is 1. The molecule has 7 rings (SSSR count). The molecule has 2 aromatic heterocycles. The number of nitrogens with zero attached hydrogens (tertiary/aromatic N) is 5. The number of urea groups is 1. The second-order valence-corrected chi connectivity index (χ2v) is 12.1. The molecule has 3 aromatic carbocycles. The summed E-state index contributed by atoms with van der Waals surface area (Å²) in [6.45, 7) is 3.77. The monoisotopic (exact) mass is 686 g/mol. The van der Waals surface area contributed by atoms with Gasteiger partial charge in [0.05, 0.1) is 17.4 Å². The quantitative estimate of drug-likeness (QED) is 0.203. The van der Waals surface area contributed by atoms with Gasteiger partial charge in [-0.05, 0) is 72.3 Å². The number of carbonyl (C=O) groups is 2. The summed E-state index contributed by atoms with van der Waals surface area (Å²) in [4.78, 5) is 36.1. The van der Waals surface area contributed by atoms with Crippen LogP contribution in [-0.4, -0.2) is 71.3 Å². The number of fused-ring (bicyclic) bond motifs is 2. The zero-order valence-electron chi connectivity index (χ0n) is 27.2. The minimum absolute atomic E-state index is 0.0300. The molecule has 258 valence electrons. The van der Waals surface area contributed by atoms with Crippen LogP contribution >= 0.6 is 0 Å². The van der Waals surface area contributed by atoms with Crippen LogP contribution in [0.2, 0.25) is 0 Å². The van der Waals surface area contributed by atoms with Crippen molar-refractivity contribution in [3.63, 3.8) is 0 Å². The number of anilines is 2. The zero-order chi connectivity index (χ0) is 35.0. The third kappa shape index (κ3) is 6.87. The first kappa shape index (κ1) is 32.8. The number of piperazine rings is 1. The predicted octanol–water partition coefficient (Wildman–Crippen LogP) is 6.74. The van der Waals surface area contributed by atoms with Gasteiger partial charge in [0.15, 0.2) is 11.5 Å². The summed E-state index contributed by atoms with van der Waals surface area (Å²) < 4.78 is 57.3. The Morgan fingerprint density at radius 2 is 1.68 bits per heavy atom. The van der Waals surface area contributed by atoms with Gasteiger partial charge in [0.1, 0.15) is 11.4 Å². The lowest BCUT2D eigenvalue weighted by molar-refractivity contribution is -0.137. The Morgan fingerprint density at radius 3 is 2.40 bits per heavy atom. The Hall–Kier alpha value is -5.76. The molecule has 2 aliphatic heterocycles. The van der Waals surface area contributed by atoms with E-state index in [0.29, 0.717) is 30.2 Å². The number of halogens is 3. The van der Waals surface area contributed by atoms with Crippen molar-refractivity contribution in [2.75, 3.05) is 50.2 Å². The van der Waals surface area contributed by atoms with Crippen molar-refractivity contribution in [3.05, 3.63) is 102 Å². The lowest BCUT2D eigenvalue weighted by Gasteiger charge is -2.34. The van der Waals surface area contributed by atoms with Crippen LogP contribution in [0.4, 0.5) is 29.3 Å². The van der Waals surface area contributed by atoms with E-state index in [1.807, 2.05) is 52.9 Å². The molecule has 5 aromatic rings. The first-order valence-corrected chi connectivity index (χ1v) is 15.9. The second kappa shape index (κ2) is 13.3. The number of aryl methyl sites for hydroxylation is 1. The average molecular weight is 687 g/mol. The van der Waals surface area contributed by atoms with Gasteiger partial charge >= 0.3 is 12.2 Å². The van der Waals surface area contributed by atoms with Crippen molar-refractivity contribution in [2.45, 2.75) is 12.7 Å². The second-order valence-electron chi connectivity index (χ2n) is 12.1. The van der Waals surface area contributed by atoms with E-state index >= 15 is 0 Å². The maximum Gasteiger partial charge on any atom is 0.416 e. The molecule has 1 saturated heterocycles. The van der Waals surface area contributed by atoms with E-state index in [4.69, 9.17) is 14.2 Å². The highest BCUT2D eigenvalue weighted by Gasteiger charge is 2.30. The molecule has 1 N–H and O–H groups in total. The zero-order valence-corrected chi connectivity index (χ0v) is 27.2. The fourth-order valence-corrected chi connectivity index (χ4v) is 5.98. The minimum Gasteiger partial charge on any atom is -0.454 e. The van der Waals surface area contributed by atoms with E-state index in [0.717, 1.165) is 59.7 Å². The fourth-order valence-electron chi connectivity index (χ4n) is 5.98. The molecule has 1 fully saturated rings. The third-order valence-corrected chi connectivity index (χ3v) is 8.83. The summed E-state index contributed by atoms with van der Waals surface area (Å²) in [5, 5.41) is 3.40. The molecule has 0 radical (unpaired) electrons.